The Kier molecular flexibility index (Phi) is 10.4. The molecule has 3 aromatic heterocycles. The van der Waals surface area contributed by atoms with Crippen molar-refractivity contribution in [1.82, 2.24) is 24.1 Å². The molecule has 0 bridgehead atoms. The molecule has 0 saturated heterocycles. The predicted octanol–water partition coefficient (Wildman–Crippen LogP) is 6.32. The maximum atomic E-state index is 5.17. The highest BCUT2D eigenvalue weighted by atomic mass is 16.5. The van der Waals surface area contributed by atoms with Crippen LogP contribution in [-0.4, -0.2) is 44.3 Å². The van der Waals surface area contributed by atoms with Crippen LogP contribution in [0.5, 0.6) is 0 Å². The third-order valence-corrected chi connectivity index (χ3v) is 7.44. The number of azo groups is 2. The zero-order chi connectivity index (χ0) is 34.9. The van der Waals surface area contributed by atoms with Crippen molar-refractivity contribution in [3.8, 4) is 0 Å². The second kappa shape index (κ2) is 15.6. The molecule has 0 unspecified atom stereocenters. The van der Waals surface area contributed by atoms with Crippen molar-refractivity contribution in [2.45, 2.75) is 0 Å². The minimum atomic E-state index is 0.367. The van der Waals surface area contributed by atoms with Gasteiger partial charge in [-0.2, -0.15) is 15.0 Å². The van der Waals surface area contributed by atoms with Gasteiger partial charge in [0.15, 0.2) is 0 Å². The average Bonchev–Trinajstić information content (AvgIpc) is 3.62. The smallest absolute Gasteiger partial charge is 0.383 e. The van der Waals surface area contributed by atoms with Gasteiger partial charge < -0.3 is 26.0 Å². The van der Waals surface area contributed by atoms with Gasteiger partial charge >= 0.3 is 11.9 Å². The number of aryl methyl sites for hydroxylation is 4. The second-order valence-corrected chi connectivity index (χ2v) is 11.3. The molecule has 0 amide bonds. The van der Waals surface area contributed by atoms with Crippen LogP contribution in [0, 0.1) is 0 Å². The first-order valence-corrected chi connectivity index (χ1v) is 15.8. The van der Waals surface area contributed by atoms with Crippen LogP contribution < -0.4 is 30.4 Å². The highest BCUT2D eigenvalue weighted by Gasteiger charge is 2.12. The van der Waals surface area contributed by atoms with E-state index in [1.807, 2.05) is 144 Å². The van der Waals surface area contributed by atoms with Crippen LogP contribution in [-0.2, 0) is 32.9 Å². The van der Waals surface area contributed by atoms with Crippen molar-refractivity contribution in [2.24, 2.45) is 48.6 Å². The number of benzene rings is 3. The molecule has 0 saturated carbocycles. The number of anilines is 7. The zero-order valence-corrected chi connectivity index (χ0v) is 28.5. The molecule has 0 aliphatic carbocycles. The standard InChI is InChI=1S/C34H37N15O/c1-46-19-20-47(2)33(46)44-42-28-14-10-25(11-15-28)36-24-6-8-26(9-7-24)37-31-39-30(35-18-23-50-5)40-32(41-31)38-27-12-16-29(17-13-27)43-45-34-48(3)21-22-49(34)4/h6-17,19-22H,18,23H2,1-5H3,(H2,35,37,39,40,41,42)/p+2. The fraction of sp³-hybridized carbons (Fsp3) is 0.206. The van der Waals surface area contributed by atoms with Crippen LogP contribution in [0.25, 0.3) is 0 Å². The molecule has 16 nitrogen and oxygen atoms in total. The SMILES string of the molecule is COCCNc1nc(Nc2ccc(N=Nc3n(C)cc[n+]3C)cc2)nc(Nc2ccc(Nc3ccc(N=Nc4n(C)cc[n+]4C)cc3)cc2)n1. The van der Waals surface area contributed by atoms with Gasteiger partial charge in [-0.1, -0.05) is 10.2 Å². The summed E-state index contributed by atoms with van der Waals surface area (Å²) in [6.45, 7) is 1.04. The lowest BCUT2D eigenvalue weighted by atomic mass is 10.2. The predicted molar refractivity (Wildman–Crippen MR) is 191 cm³/mol. The zero-order valence-electron chi connectivity index (χ0n) is 28.5. The van der Waals surface area contributed by atoms with Crippen LogP contribution in [0.3, 0.4) is 0 Å². The average molecular weight is 674 g/mol. The number of ether oxygens (including phenoxy) is 1. The summed E-state index contributed by atoms with van der Waals surface area (Å²) < 4.78 is 12.8. The van der Waals surface area contributed by atoms with Gasteiger partial charge in [0.1, 0.15) is 11.4 Å². The third-order valence-electron chi connectivity index (χ3n) is 7.44. The quantitative estimate of drug-likeness (QED) is 0.0593. The minimum absolute atomic E-state index is 0.367. The van der Waals surface area contributed by atoms with E-state index in [0.29, 0.717) is 36.7 Å². The van der Waals surface area contributed by atoms with Crippen LogP contribution in [0.4, 0.5) is 63.9 Å². The topological polar surface area (TPSA) is 163 Å². The number of hydrogen-bond acceptors (Lipinski definition) is 12. The summed E-state index contributed by atoms with van der Waals surface area (Å²) in [5, 5.41) is 30.6. The molecule has 0 aliphatic rings. The highest BCUT2D eigenvalue weighted by Crippen LogP contribution is 2.25. The van der Waals surface area contributed by atoms with E-state index >= 15 is 0 Å². The van der Waals surface area contributed by atoms with E-state index < -0.39 is 0 Å². The van der Waals surface area contributed by atoms with Crippen LogP contribution in [0.15, 0.2) is 118 Å². The molecular formula is C34H39N15O+2. The Bertz CT molecular complexity index is 2040. The number of hydrogen-bond donors (Lipinski definition) is 4. The van der Waals surface area contributed by atoms with Crippen LogP contribution >= 0.6 is 0 Å². The van der Waals surface area contributed by atoms with Gasteiger partial charge in [0, 0.05) is 46.6 Å². The monoisotopic (exact) mass is 673 g/mol. The Hall–Kier alpha value is -6.55. The van der Waals surface area contributed by atoms with Crippen molar-refractivity contribution in [3.05, 3.63) is 97.6 Å². The molecule has 254 valence electrons. The maximum Gasteiger partial charge on any atom is 0.421 e. The summed E-state index contributed by atoms with van der Waals surface area (Å²) in [6.07, 6.45) is 7.72. The fourth-order valence-corrected chi connectivity index (χ4v) is 4.77. The third kappa shape index (κ3) is 8.67. The van der Waals surface area contributed by atoms with Crippen molar-refractivity contribution in [2.75, 3.05) is 41.5 Å². The van der Waals surface area contributed by atoms with Gasteiger partial charge in [-0.3, -0.25) is 0 Å². The van der Waals surface area contributed by atoms with E-state index in [1.165, 1.54) is 0 Å². The summed E-state index contributed by atoms with van der Waals surface area (Å²) in [6, 6.07) is 23.1. The lowest BCUT2D eigenvalue weighted by molar-refractivity contribution is -0.657. The molecule has 0 aliphatic heterocycles. The lowest BCUT2D eigenvalue weighted by Gasteiger charge is -2.12. The van der Waals surface area contributed by atoms with Crippen LogP contribution in [0.2, 0.25) is 0 Å². The van der Waals surface area contributed by atoms with Crippen molar-refractivity contribution >= 4 is 63.9 Å². The first-order chi connectivity index (χ1) is 24.3. The van der Waals surface area contributed by atoms with Crippen molar-refractivity contribution < 1.29 is 13.9 Å². The molecule has 16 heteroatoms. The lowest BCUT2D eigenvalue weighted by Crippen LogP contribution is -2.25. The molecule has 0 radical (unpaired) electrons. The van der Waals surface area contributed by atoms with E-state index in [0.717, 1.165) is 40.3 Å². The van der Waals surface area contributed by atoms with E-state index in [-0.39, 0.29) is 0 Å². The largest absolute Gasteiger partial charge is 0.421 e. The number of nitrogens with zero attached hydrogens (tertiary/aromatic N) is 11. The molecule has 0 atom stereocenters. The van der Waals surface area contributed by atoms with Crippen molar-refractivity contribution in [3.63, 3.8) is 0 Å². The van der Waals surface area contributed by atoms with E-state index in [9.17, 15) is 0 Å². The first kappa shape index (κ1) is 33.4. The maximum absolute atomic E-state index is 5.17. The molecule has 3 aromatic carbocycles. The Morgan fingerprint density at radius 1 is 0.580 bits per heavy atom. The first-order valence-electron chi connectivity index (χ1n) is 15.8. The normalized spacial score (nSPS) is 11.4. The Balaban J connectivity index is 1.10. The Labute approximate surface area is 289 Å². The van der Waals surface area contributed by atoms with Gasteiger partial charge in [0.05, 0.1) is 59.6 Å². The number of imidazole rings is 2. The van der Waals surface area contributed by atoms with E-state index in [4.69, 9.17) is 4.74 Å². The summed E-state index contributed by atoms with van der Waals surface area (Å²) in [7, 11) is 9.36. The summed E-state index contributed by atoms with van der Waals surface area (Å²) in [5.74, 6) is 2.64. The summed E-state index contributed by atoms with van der Waals surface area (Å²) in [5.41, 5.74) is 4.91. The molecular weight excluding hydrogens is 634 g/mol. The van der Waals surface area contributed by atoms with E-state index in [1.54, 1.807) is 7.11 Å². The van der Waals surface area contributed by atoms with Gasteiger partial charge in [-0.25, -0.2) is 18.3 Å². The van der Waals surface area contributed by atoms with Crippen LogP contribution in [0.1, 0.15) is 0 Å². The summed E-state index contributed by atoms with van der Waals surface area (Å²) in [4.78, 5) is 13.7. The highest BCUT2D eigenvalue weighted by molar-refractivity contribution is 5.66. The molecule has 3 heterocycles. The van der Waals surface area contributed by atoms with Gasteiger partial charge in [0.2, 0.25) is 17.8 Å². The number of aromatic nitrogens is 7. The molecule has 6 aromatic rings. The summed E-state index contributed by atoms with van der Waals surface area (Å²) >= 11 is 0. The number of methoxy groups -OCH3 is 1. The molecule has 6 rings (SSSR count). The molecule has 0 spiro atoms. The molecule has 0 fully saturated rings. The Morgan fingerprint density at radius 3 is 1.38 bits per heavy atom. The number of rotatable bonds is 14. The molecule has 50 heavy (non-hydrogen) atoms. The van der Waals surface area contributed by atoms with Gasteiger partial charge in [-0.05, 0) is 72.8 Å². The second-order valence-electron chi connectivity index (χ2n) is 11.3. The van der Waals surface area contributed by atoms with Gasteiger partial charge in [-0.15, -0.1) is 0 Å². The minimum Gasteiger partial charge on any atom is -0.383 e. The molecule has 4 N–H and O–H groups in total. The van der Waals surface area contributed by atoms with E-state index in [2.05, 4.69) is 56.7 Å². The van der Waals surface area contributed by atoms with Gasteiger partial charge in [0.25, 0.3) is 0 Å². The fourth-order valence-electron chi connectivity index (χ4n) is 4.77. The number of nitrogens with one attached hydrogen (secondary N) is 4. The Morgan fingerprint density at radius 2 is 0.980 bits per heavy atom. The van der Waals surface area contributed by atoms with Crippen molar-refractivity contribution in [1.29, 1.82) is 0 Å².